The van der Waals surface area contributed by atoms with Gasteiger partial charge in [0, 0.05) is 23.7 Å². The Labute approximate surface area is 121 Å². The van der Waals surface area contributed by atoms with Gasteiger partial charge in [-0.15, -0.1) is 11.3 Å². The first-order valence-corrected chi connectivity index (χ1v) is 8.24. The molecule has 2 heterocycles. The summed E-state index contributed by atoms with van der Waals surface area (Å²) in [7, 11) is 2.07. The lowest BCUT2D eigenvalue weighted by molar-refractivity contribution is 0.756. The molecule has 0 bridgehead atoms. The van der Waals surface area contributed by atoms with E-state index in [-0.39, 0.29) is 0 Å². The van der Waals surface area contributed by atoms with Gasteiger partial charge in [0.1, 0.15) is 10.6 Å². The maximum Gasteiger partial charge on any atom is 0.240 e. The summed E-state index contributed by atoms with van der Waals surface area (Å²) in [5.74, 6) is 7.91. The fourth-order valence-electron chi connectivity index (χ4n) is 1.92. The first kappa shape index (κ1) is 14.4. The first-order chi connectivity index (χ1) is 9.06. The first-order valence-electron chi connectivity index (χ1n) is 6.03. The molecule has 0 saturated heterocycles. The molecule has 19 heavy (non-hydrogen) atoms. The zero-order valence-electron chi connectivity index (χ0n) is 11.6. The molecule has 2 aromatic heterocycles. The van der Waals surface area contributed by atoms with Crippen LogP contribution in [0.4, 0.5) is 11.8 Å². The number of nitrogens with one attached hydrogen (secondary N) is 1. The maximum absolute atomic E-state index is 5.46. The summed E-state index contributed by atoms with van der Waals surface area (Å²) in [5, 5.41) is 1.09. The Morgan fingerprint density at radius 1 is 1.53 bits per heavy atom. The lowest BCUT2D eigenvalue weighted by Gasteiger charge is -2.26. The average Bonchev–Trinajstić information content (AvgIpc) is 2.76. The minimum Gasteiger partial charge on any atom is -0.355 e. The van der Waals surface area contributed by atoms with Gasteiger partial charge in [0.2, 0.25) is 5.95 Å². The van der Waals surface area contributed by atoms with Crippen molar-refractivity contribution in [3.63, 3.8) is 0 Å². The molecular formula is C12H19N5S2. The molecule has 0 aliphatic carbocycles. The van der Waals surface area contributed by atoms with Crippen molar-refractivity contribution in [3.8, 4) is 0 Å². The van der Waals surface area contributed by atoms with Gasteiger partial charge in [-0.05, 0) is 26.2 Å². The second-order valence-corrected chi connectivity index (χ2v) is 6.65. The van der Waals surface area contributed by atoms with Crippen LogP contribution in [-0.2, 0) is 0 Å². The summed E-state index contributed by atoms with van der Waals surface area (Å²) in [6.45, 7) is 4.27. The SMILES string of the molecule is CSCC(C)N(C)c1nc(NN)nc2sc(C)cc12. The second kappa shape index (κ2) is 5.94. The predicted octanol–water partition coefficient (Wildman–Crippen LogP) is 2.47. The number of hydrogen-bond donors (Lipinski definition) is 2. The maximum atomic E-state index is 5.46. The number of nitrogen functional groups attached to an aromatic ring is 1. The number of thiophene rings is 1. The Bertz CT molecular complexity index is 568. The number of hydrazine groups is 1. The number of aryl methyl sites for hydroxylation is 1. The van der Waals surface area contributed by atoms with Gasteiger partial charge in [-0.2, -0.15) is 16.7 Å². The van der Waals surface area contributed by atoms with Gasteiger partial charge < -0.3 is 4.90 Å². The lowest BCUT2D eigenvalue weighted by atomic mass is 10.3. The Balaban J connectivity index is 2.50. The smallest absolute Gasteiger partial charge is 0.240 e. The highest BCUT2D eigenvalue weighted by molar-refractivity contribution is 7.98. The van der Waals surface area contributed by atoms with Crippen LogP contribution < -0.4 is 16.2 Å². The van der Waals surface area contributed by atoms with Gasteiger partial charge in [-0.1, -0.05) is 0 Å². The number of fused-ring (bicyclic) bond motifs is 1. The molecule has 7 heteroatoms. The van der Waals surface area contributed by atoms with Crippen LogP contribution in [0.15, 0.2) is 6.07 Å². The highest BCUT2D eigenvalue weighted by Gasteiger charge is 2.17. The van der Waals surface area contributed by atoms with Crippen LogP contribution in [0.25, 0.3) is 10.2 Å². The van der Waals surface area contributed by atoms with Crippen molar-refractivity contribution in [2.75, 3.05) is 29.4 Å². The van der Waals surface area contributed by atoms with Crippen LogP contribution in [0.1, 0.15) is 11.8 Å². The number of thioether (sulfide) groups is 1. The third-order valence-electron chi connectivity index (χ3n) is 3.03. The molecule has 0 radical (unpaired) electrons. The third kappa shape index (κ3) is 2.93. The van der Waals surface area contributed by atoms with E-state index >= 15 is 0 Å². The van der Waals surface area contributed by atoms with E-state index in [9.17, 15) is 0 Å². The van der Waals surface area contributed by atoms with Crippen molar-refractivity contribution in [2.45, 2.75) is 19.9 Å². The molecule has 104 valence electrons. The van der Waals surface area contributed by atoms with E-state index in [1.807, 2.05) is 11.8 Å². The average molecular weight is 297 g/mol. The minimum atomic E-state index is 0.402. The molecule has 1 unspecified atom stereocenters. The number of aromatic nitrogens is 2. The van der Waals surface area contributed by atoms with Gasteiger partial charge in [0.25, 0.3) is 0 Å². The Kier molecular flexibility index (Phi) is 4.49. The van der Waals surface area contributed by atoms with Crippen LogP contribution in [-0.4, -0.2) is 35.1 Å². The molecule has 0 aliphatic rings. The summed E-state index contributed by atoms with van der Waals surface area (Å²) in [5.41, 5.74) is 2.55. The van der Waals surface area contributed by atoms with E-state index < -0.39 is 0 Å². The van der Waals surface area contributed by atoms with Crippen molar-refractivity contribution < 1.29 is 0 Å². The summed E-state index contributed by atoms with van der Waals surface area (Å²) >= 11 is 3.49. The van der Waals surface area contributed by atoms with Crippen LogP contribution >= 0.6 is 23.1 Å². The summed E-state index contributed by atoms with van der Waals surface area (Å²) in [6.07, 6.45) is 2.11. The van der Waals surface area contributed by atoms with Crippen molar-refractivity contribution in [1.82, 2.24) is 9.97 Å². The second-order valence-electron chi connectivity index (χ2n) is 4.51. The fourth-order valence-corrected chi connectivity index (χ4v) is 3.50. The quantitative estimate of drug-likeness (QED) is 0.653. The molecule has 0 fully saturated rings. The molecule has 5 nitrogen and oxygen atoms in total. The van der Waals surface area contributed by atoms with E-state index in [1.165, 1.54) is 4.88 Å². The van der Waals surface area contributed by atoms with E-state index in [1.54, 1.807) is 11.3 Å². The Hall–Kier alpha value is -1.05. The number of nitrogens with zero attached hydrogens (tertiary/aromatic N) is 3. The van der Waals surface area contributed by atoms with Gasteiger partial charge in [-0.3, -0.25) is 5.43 Å². The number of anilines is 2. The Morgan fingerprint density at radius 3 is 2.89 bits per heavy atom. The van der Waals surface area contributed by atoms with Gasteiger partial charge >= 0.3 is 0 Å². The van der Waals surface area contributed by atoms with Gasteiger partial charge in [-0.25, -0.2) is 10.8 Å². The minimum absolute atomic E-state index is 0.402. The summed E-state index contributed by atoms with van der Waals surface area (Å²) in [6, 6.07) is 2.54. The van der Waals surface area contributed by atoms with Crippen molar-refractivity contribution in [2.24, 2.45) is 5.84 Å². The third-order valence-corrected chi connectivity index (χ3v) is 4.79. The largest absolute Gasteiger partial charge is 0.355 e. The highest BCUT2D eigenvalue weighted by Crippen LogP contribution is 2.32. The summed E-state index contributed by atoms with van der Waals surface area (Å²) in [4.78, 5) is 13.3. The van der Waals surface area contributed by atoms with Gasteiger partial charge in [0.15, 0.2) is 0 Å². The molecule has 1 atom stereocenters. The van der Waals surface area contributed by atoms with Crippen molar-refractivity contribution >= 4 is 45.1 Å². The zero-order valence-corrected chi connectivity index (χ0v) is 13.2. The molecule has 3 N–H and O–H groups in total. The normalized spacial score (nSPS) is 12.7. The molecule has 0 aromatic carbocycles. The van der Waals surface area contributed by atoms with Crippen LogP contribution in [0.2, 0.25) is 0 Å². The molecule has 0 amide bonds. The zero-order chi connectivity index (χ0) is 14.0. The van der Waals surface area contributed by atoms with E-state index in [2.05, 4.69) is 53.5 Å². The number of nitrogens with two attached hydrogens (primary N) is 1. The molecule has 2 rings (SSSR count). The number of rotatable bonds is 5. The Morgan fingerprint density at radius 2 is 2.26 bits per heavy atom. The van der Waals surface area contributed by atoms with Gasteiger partial charge in [0.05, 0.1) is 5.39 Å². The van der Waals surface area contributed by atoms with Crippen molar-refractivity contribution in [1.29, 1.82) is 0 Å². The van der Waals surface area contributed by atoms with E-state index in [0.29, 0.717) is 12.0 Å². The fraction of sp³-hybridized carbons (Fsp3) is 0.500. The van der Waals surface area contributed by atoms with E-state index in [0.717, 1.165) is 21.8 Å². The molecule has 0 aliphatic heterocycles. The van der Waals surface area contributed by atoms with Crippen LogP contribution in [0, 0.1) is 6.92 Å². The topological polar surface area (TPSA) is 67.1 Å². The van der Waals surface area contributed by atoms with Crippen molar-refractivity contribution in [3.05, 3.63) is 10.9 Å². The van der Waals surface area contributed by atoms with E-state index in [4.69, 9.17) is 5.84 Å². The van der Waals surface area contributed by atoms with Crippen LogP contribution in [0.5, 0.6) is 0 Å². The summed E-state index contributed by atoms with van der Waals surface area (Å²) < 4.78 is 0. The number of hydrogen-bond acceptors (Lipinski definition) is 7. The molecule has 0 saturated carbocycles. The molecule has 0 spiro atoms. The molecule has 2 aromatic rings. The lowest BCUT2D eigenvalue weighted by Crippen LogP contribution is -2.32. The predicted molar refractivity (Wildman–Crippen MR) is 86.2 cm³/mol. The highest BCUT2D eigenvalue weighted by atomic mass is 32.2. The van der Waals surface area contributed by atoms with Crippen LogP contribution in [0.3, 0.4) is 0 Å². The standard InChI is InChI=1S/C12H19N5S2/c1-7(6-18-4)17(3)10-9-5-8(2)19-11(9)15-12(14-10)16-13/h5,7H,6,13H2,1-4H3,(H,14,15,16). The molecular weight excluding hydrogens is 278 g/mol. The monoisotopic (exact) mass is 297 g/mol.